The lowest BCUT2D eigenvalue weighted by atomic mass is 9.98. The van der Waals surface area contributed by atoms with Crippen molar-refractivity contribution in [1.29, 1.82) is 0 Å². The Balaban J connectivity index is 2.05. The molecule has 0 aliphatic rings. The number of hydrogen-bond donors (Lipinski definition) is 2. The number of nitrogens with zero attached hydrogens (tertiary/aromatic N) is 4. The summed E-state index contributed by atoms with van der Waals surface area (Å²) < 4.78 is 4.97. The molecule has 31 heavy (non-hydrogen) atoms. The lowest BCUT2D eigenvalue weighted by Gasteiger charge is -2.17. The molecule has 7 nitrogen and oxygen atoms in total. The second kappa shape index (κ2) is 7.04. The summed E-state index contributed by atoms with van der Waals surface area (Å²) >= 11 is 0. The third-order valence-electron chi connectivity index (χ3n) is 5.55. The van der Waals surface area contributed by atoms with Crippen molar-refractivity contribution in [2.24, 2.45) is 7.05 Å². The van der Waals surface area contributed by atoms with Crippen LogP contribution in [0.5, 0.6) is 11.5 Å². The Hall–Kier alpha value is -3.48. The highest BCUT2D eigenvalue weighted by Gasteiger charge is 2.26. The first-order valence-electron chi connectivity index (χ1n) is 10.3. The molecule has 0 bridgehead atoms. The van der Waals surface area contributed by atoms with E-state index in [1.165, 1.54) is 15.3 Å². The molecule has 7 heteroatoms. The lowest BCUT2D eigenvalue weighted by molar-refractivity contribution is 0.343. The summed E-state index contributed by atoms with van der Waals surface area (Å²) in [6.07, 6.45) is 1.97. The van der Waals surface area contributed by atoms with E-state index in [-0.39, 0.29) is 23.1 Å². The minimum Gasteiger partial charge on any atom is -0.508 e. The highest BCUT2D eigenvalue weighted by molar-refractivity contribution is 5.82. The summed E-state index contributed by atoms with van der Waals surface area (Å²) in [6.45, 7) is 9.64. The first-order valence-corrected chi connectivity index (χ1v) is 10.3. The average Bonchev–Trinajstić information content (AvgIpc) is 3.21. The molecule has 0 saturated heterocycles. The zero-order valence-corrected chi connectivity index (χ0v) is 18.7. The van der Waals surface area contributed by atoms with Crippen molar-refractivity contribution >= 4 is 10.9 Å². The van der Waals surface area contributed by atoms with Crippen LogP contribution < -0.4 is 5.69 Å². The molecule has 0 radical (unpaired) electrons. The van der Waals surface area contributed by atoms with E-state index in [0.717, 1.165) is 10.9 Å². The Labute approximate surface area is 180 Å². The first-order chi connectivity index (χ1) is 14.5. The number of aromatic nitrogens is 4. The fourth-order valence-electron chi connectivity index (χ4n) is 3.86. The molecule has 0 aliphatic carbocycles. The number of phenolic OH excluding ortho intramolecular Hbond substituents is 2. The Morgan fingerprint density at radius 2 is 1.71 bits per heavy atom. The van der Waals surface area contributed by atoms with Gasteiger partial charge >= 0.3 is 5.69 Å². The van der Waals surface area contributed by atoms with Crippen molar-refractivity contribution < 1.29 is 10.2 Å². The molecule has 0 amide bonds. The maximum atomic E-state index is 13.5. The van der Waals surface area contributed by atoms with Gasteiger partial charge in [0.2, 0.25) is 0 Å². The van der Waals surface area contributed by atoms with Crippen molar-refractivity contribution in [2.75, 3.05) is 0 Å². The van der Waals surface area contributed by atoms with E-state index in [1.54, 1.807) is 6.07 Å². The molecule has 0 unspecified atom stereocenters. The zero-order valence-electron chi connectivity index (χ0n) is 18.7. The van der Waals surface area contributed by atoms with Crippen LogP contribution in [-0.2, 0) is 12.6 Å². The van der Waals surface area contributed by atoms with Gasteiger partial charge in [0.15, 0.2) is 5.82 Å². The number of aryl methyl sites for hydroxylation is 1. The molecule has 4 aromatic rings. The van der Waals surface area contributed by atoms with Crippen LogP contribution in [0.2, 0.25) is 0 Å². The minimum absolute atomic E-state index is 0.0195. The Kier molecular flexibility index (Phi) is 4.72. The third-order valence-corrected chi connectivity index (χ3v) is 5.55. The number of fused-ring (bicyclic) bond motifs is 1. The van der Waals surface area contributed by atoms with Crippen molar-refractivity contribution in [2.45, 2.75) is 46.1 Å². The molecule has 0 aliphatic heterocycles. The van der Waals surface area contributed by atoms with Gasteiger partial charge in [-0.1, -0.05) is 13.8 Å². The Bertz CT molecular complexity index is 1350. The number of rotatable bonds is 3. The smallest absolute Gasteiger partial charge is 0.351 e. The van der Waals surface area contributed by atoms with Crippen LogP contribution in [-0.4, -0.2) is 29.1 Å². The third kappa shape index (κ3) is 3.40. The van der Waals surface area contributed by atoms with Crippen LogP contribution in [0.3, 0.4) is 0 Å². The standard InChI is InChI=1S/C24H28N4O3/c1-14(2)17-12-18(21(30)13-20(17)29)22-25-28(24(3,4)5)23(31)27(22)16-7-8-19-15(11-16)9-10-26(19)6/h7-14,29-30H,1-6H3. The number of aromatic hydroxyl groups is 2. The molecule has 0 atom stereocenters. The summed E-state index contributed by atoms with van der Waals surface area (Å²) in [7, 11) is 1.97. The number of phenols is 2. The van der Waals surface area contributed by atoms with E-state index in [9.17, 15) is 15.0 Å². The van der Waals surface area contributed by atoms with Gasteiger partial charge in [0.25, 0.3) is 0 Å². The van der Waals surface area contributed by atoms with E-state index < -0.39 is 5.54 Å². The Morgan fingerprint density at radius 1 is 1.00 bits per heavy atom. The molecule has 162 valence electrons. The highest BCUT2D eigenvalue weighted by Crippen LogP contribution is 2.38. The van der Waals surface area contributed by atoms with Crippen molar-refractivity contribution in [1.82, 2.24) is 18.9 Å². The molecule has 0 saturated carbocycles. The van der Waals surface area contributed by atoms with Gasteiger partial charge < -0.3 is 14.8 Å². The first kappa shape index (κ1) is 20.8. The molecule has 2 N–H and O–H groups in total. The molecular weight excluding hydrogens is 392 g/mol. The fourth-order valence-corrected chi connectivity index (χ4v) is 3.86. The van der Waals surface area contributed by atoms with Crippen LogP contribution in [0.25, 0.3) is 28.0 Å². The van der Waals surface area contributed by atoms with Gasteiger partial charge in [-0.2, -0.15) is 0 Å². The molecular formula is C24H28N4O3. The van der Waals surface area contributed by atoms with Crippen molar-refractivity contribution in [3.05, 3.63) is 58.6 Å². The molecule has 2 aromatic carbocycles. The molecule has 4 rings (SSSR count). The predicted molar refractivity (Wildman–Crippen MR) is 122 cm³/mol. The number of hydrogen-bond acceptors (Lipinski definition) is 4. The molecule has 2 heterocycles. The van der Waals surface area contributed by atoms with Gasteiger partial charge in [-0.05, 0) is 62.6 Å². The summed E-state index contributed by atoms with van der Waals surface area (Å²) in [4.78, 5) is 13.5. The van der Waals surface area contributed by atoms with Crippen LogP contribution in [0.4, 0.5) is 0 Å². The van der Waals surface area contributed by atoms with Crippen LogP contribution in [0, 0.1) is 0 Å². The SMILES string of the molecule is CC(C)c1cc(-c2nn(C(C)(C)C)c(=O)n2-c2ccc3c(ccn3C)c2)c(O)cc1O. The van der Waals surface area contributed by atoms with E-state index in [2.05, 4.69) is 5.10 Å². The van der Waals surface area contributed by atoms with Crippen LogP contribution in [0.15, 0.2) is 47.4 Å². The van der Waals surface area contributed by atoms with E-state index >= 15 is 0 Å². The molecule has 2 aromatic heterocycles. The monoisotopic (exact) mass is 420 g/mol. The van der Waals surface area contributed by atoms with Gasteiger partial charge in [-0.25, -0.2) is 14.0 Å². The average molecular weight is 421 g/mol. The number of benzene rings is 2. The van der Waals surface area contributed by atoms with E-state index in [4.69, 9.17) is 0 Å². The van der Waals surface area contributed by atoms with Gasteiger partial charge in [-0.15, -0.1) is 5.10 Å². The zero-order chi connectivity index (χ0) is 22.7. The largest absolute Gasteiger partial charge is 0.508 e. The lowest BCUT2D eigenvalue weighted by Crippen LogP contribution is -2.35. The normalized spacial score (nSPS) is 12.2. The van der Waals surface area contributed by atoms with Crippen LogP contribution in [0.1, 0.15) is 46.1 Å². The van der Waals surface area contributed by atoms with Gasteiger partial charge in [0.05, 0.1) is 16.8 Å². The van der Waals surface area contributed by atoms with E-state index in [1.807, 2.05) is 76.7 Å². The van der Waals surface area contributed by atoms with Crippen molar-refractivity contribution in [3.63, 3.8) is 0 Å². The molecule has 0 spiro atoms. The highest BCUT2D eigenvalue weighted by atomic mass is 16.3. The summed E-state index contributed by atoms with van der Waals surface area (Å²) in [5.41, 5.74) is 1.94. The van der Waals surface area contributed by atoms with Crippen LogP contribution >= 0.6 is 0 Å². The summed E-state index contributed by atoms with van der Waals surface area (Å²) in [6, 6.07) is 10.8. The summed E-state index contributed by atoms with van der Waals surface area (Å²) in [5, 5.41) is 26.6. The second-order valence-corrected chi connectivity index (χ2v) is 9.28. The summed E-state index contributed by atoms with van der Waals surface area (Å²) in [5.74, 6) is 0.251. The maximum Gasteiger partial charge on any atom is 0.351 e. The quantitative estimate of drug-likeness (QED) is 0.512. The van der Waals surface area contributed by atoms with Gasteiger partial charge in [0.1, 0.15) is 11.5 Å². The van der Waals surface area contributed by atoms with E-state index in [0.29, 0.717) is 22.6 Å². The van der Waals surface area contributed by atoms with Gasteiger partial charge in [-0.3, -0.25) is 0 Å². The Morgan fingerprint density at radius 3 is 2.35 bits per heavy atom. The second-order valence-electron chi connectivity index (χ2n) is 9.28. The van der Waals surface area contributed by atoms with Gasteiger partial charge in [0, 0.05) is 30.2 Å². The predicted octanol–water partition coefficient (Wildman–Crippen LogP) is 4.48. The topological polar surface area (TPSA) is 85.2 Å². The maximum absolute atomic E-state index is 13.5. The van der Waals surface area contributed by atoms with Crippen molar-refractivity contribution in [3.8, 4) is 28.6 Å². The fraction of sp³-hybridized carbons (Fsp3) is 0.333. The molecule has 0 fully saturated rings. The minimum atomic E-state index is -0.554.